The van der Waals surface area contributed by atoms with E-state index in [4.69, 9.17) is 11.6 Å². The molecule has 0 heterocycles. The van der Waals surface area contributed by atoms with Crippen LogP contribution >= 0.6 is 11.6 Å². The molecule has 0 aliphatic heterocycles. The third-order valence-corrected chi connectivity index (χ3v) is 1.67. The Bertz CT molecular complexity index is 110. The predicted molar refractivity (Wildman–Crippen MR) is 47.1 cm³/mol. The van der Waals surface area contributed by atoms with Crippen LogP contribution in [0.4, 0.5) is 0 Å². The maximum absolute atomic E-state index is 5.84. The van der Waals surface area contributed by atoms with Crippen LogP contribution in [0.5, 0.6) is 0 Å². The second-order valence-corrected chi connectivity index (χ2v) is 2.84. The first-order chi connectivity index (χ1) is 4.70. The Morgan fingerprint density at radius 1 is 1.60 bits per heavy atom. The summed E-state index contributed by atoms with van der Waals surface area (Å²) in [6.07, 6.45) is 4.15. The Labute approximate surface area is 68.5 Å². The van der Waals surface area contributed by atoms with Crippen molar-refractivity contribution in [2.45, 2.75) is 39.1 Å². The maximum atomic E-state index is 5.84. The summed E-state index contributed by atoms with van der Waals surface area (Å²) in [5.41, 5.74) is 1.26. The van der Waals surface area contributed by atoms with E-state index in [2.05, 4.69) is 25.2 Å². The van der Waals surface area contributed by atoms with Crippen molar-refractivity contribution in [3.8, 4) is 0 Å². The van der Waals surface area contributed by atoms with E-state index in [1.54, 1.807) is 0 Å². The lowest BCUT2D eigenvalue weighted by Crippen LogP contribution is -2.20. The molecule has 1 atom stereocenters. The van der Waals surface area contributed by atoms with Gasteiger partial charge in [-0.05, 0) is 19.8 Å². The topological polar surface area (TPSA) is 12.0 Å². The Kier molecular flexibility index (Phi) is 5.51. The molecule has 10 heavy (non-hydrogen) atoms. The highest BCUT2D eigenvalue weighted by Crippen LogP contribution is 2.00. The number of nitrogens with one attached hydrogen (secondary N) is 1. The molecule has 0 aliphatic rings. The van der Waals surface area contributed by atoms with Crippen LogP contribution in [-0.2, 0) is 0 Å². The Morgan fingerprint density at radius 2 is 2.20 bits per heavy atom. The fourth-order valence-electron chi connectivity index (χ4n) is 0.714. The first-order valence-corrected chi connectivity index (χ1v) is 4.21. The van der Waals surface area contributed by atoms with Gasteiger partial charge in [-0.1, -0.05) is 31.5 Å². The van der Waals surface area contributed by atoms with Gasteiger partial charge in [0.25, 0.3) is 0 Å². The molecule has 0 amide bonds. The molecule has 0 spiro atoms. The van der Waals surface area contributed by atoms with E-state index in [-0.39, 0.29) is 5.50 Å². The van der Waals surface area contributed by atoms with Crippen LogP contribution < -0.4 is 5.32 Å². The number of hydrogen-bond acceptors (Lipinski definition) is 1. The molecule has 1 unspecified atom stereocenters. The summed E-state index contributed by atoms with van der Waals surface area (Å²) in [5, 5.41) is 3.16. The van der Waals surface area contributed by atoms with Gasteiger partial charge < -0.3 is 5.32 Å². The maximum Gasteiger partial charge on any atom is 0.101 e. The standard InChI is InChI=1S/C8H16ClN/c1-4-6-7(3)10-8(9)5-2/h6,8,10H,4-5H2,1-3H3/b7-6-. The summed E-state index contributed by atoms with van der Waals surface area (Å²) >= 11 is 5.84. The quantitative estimate of drug-likeness (QED) is 0.494. The van der Waals surface area contributed by atoms with Crippen molar-refractivity contribution in [2.75, 3.05) is 0 Å². The molecular formula is C8H16ClN. The number of hydrogen-bond donors (Lipinski definition) is 1. The molecule has 0 aromatic heterocycles. The molecule has 0 aliphatic carbocycles. The Hall–Kier alpha value is -0.170. The molecular weight excluding hydrogens is 146 g/mol. The molecule has 60 valence electrons. The van der Waals surface area contributed by atoms with Crippen molar-refractivity contribution in [1.82, 2.24) is 5.32 Å². The average molecular weight is 162 g/mol. The van der Waals surface area contributed by atoms with Gasteiger partial charge in [0.1, 0.15) is 5.50 Å². The van der Waals surface area contributed by atoms with E-state index < -0.39 is 0 Å². The minimum atomic E-state index is 0.0859. The van der Waals surface area contributed by atoms with E-state index in [1.165, 1.54) is 5.70 Å². The average Bonchev–Trinajstić information content (AvgIpc) is 1.88. The van der Waals surface area contributed by atoms with Gasteiger partial charge in [0, 0.05) is 5.70 Å². The van der Waals surface area contributed by atoms with Crippen molar-refractivity contribution in [1.29, 1.82) is 0 Å². The fraction of sp³-hybridized carbons (Fsp3) is 0.750. The molecule has 0 fully saturated rings. The lowest BCUT2D eigenvalue weighted by atomic mass is 10.3. The third-order valence-electron chi connectivity index (χ3n) is 1.25. The van der Waals surface area contributed by atoms with Gasteiger partial charge in [-0.15, -0.1) is 0 Å². The lowest BCUT2D eigenvalue weighted by molar-refractivity contribution is 0.704. The van der Waals surface area contributed by atoms with Crippen molar-refractivity contribution in [2.24, 2.45) is 0 Å². The second-order valence-electron chi connectivity index (χ2n) is 2.32. The molecule has 0 aromatic rings. The highest BCUT2D eigenvalue weighted by molar-refractivity contribution is 6.20. The van der Waals surface area contributed by atoms with E-state index >= 15 is 0 Å². The molecule has 0 saturated carbocycles. The summed E-state index contributed by atoms with van der Waals surface area (Å²) in [5.74, 6) is 0. The minimum absolute atomic E-state index is 0.0859. The molecule has 0 aromatic carbocycles. The van der Waals surface area contributed by atoms with Gasteiger partial charge in [-0.2, -0.15) is 0 Å². The largest absolute Gasteiger partial charge is 0.373 e. The van der Waals surface area contributed by atoms with Gasteiger partial charge in [0.05, 0.1) is 0 Å². The van der Waals surface area contributed by atoms with E-state index in [0.29, 0.717) is 0 Å². The van der Waals surface area contributed by atoms with Crippen LogP contribution in [0.3, 0.4) is 0 Å². The molecule has 0 rings (SSSR count). The van der Waals surface area contributed by atoms with Crippen molar-refractivity contribution in [3.63, 3.8) is 0 Å². The first-order valence-electron chi connectivity index (χ1n) is 3.78. The molecule has 2 heteroatoms. The van der Waals surface area contributed by atoms with E-state index in [1.807, 2.05) is 6.92 Å². The zero-order chi connectivity index (χ0) is 7.98. The first kappa shape index (κ1) is 9.83. The number of allylic oxidation sites excluding steroid dienone is 2. The Balaban J connectivity index is 3.56. The van der Waals surface area contributed by atoms with Crippen LogP contribution in [0, 0.1) is 0 Å². The smallest absolute Gasteiger partial charge is 0.101 e. The third kappa shape index (κ3) is 4.68. The van der Waals surface area contributed by atoms with Crippen molar-refractivity contribution < 1.29 is 0 Å². The van der Waals surface area contributed by atoms with Crippen LogP contribution in [0.1, 0.15) is 33.6 Å². The van der Waals surface area contributed by atoms with Crippen LogP contribution in [0.25, 0.3) is 0 Å². The Morgan fingerprint density at radius 3 is 2.60 bits per heavy atom. The van der Waals surface area contributed by atoms with Gasteiger partial charge >= 0.3 is 0 Å². The molecule has 0 radical (unpaired) electrons. The summed E-state index contributed by atoms with van der Waals surface area (Å²) in [6, 6.07) is 0. The number of halogens is 1. The molecule has 0 bridgehead atoms. The van der Waals surface area contributed by atoms with Crippen LogP contribution in [-0.4, -0.2) is 5.50 Å². The summed E-state index contributed by atoms with van der Waals surface area (Å²) in [7, 11) is 0. The van der Waals surface area contributed by atoms with E-state index in [9.17, 15) is 0 Å². The van der Waals surface area contributed by atoms with Crippen LogP contribution in [0.15, 0.2) is 11.8 Å². The number of rotatable bonds is 4. The highest BCUT2D eigenvalue weighted by atomic mass is 35.5. The van der Waals surface area contributed by atoms with Gasteiger partial charge in [0.15, 0.2) is 0 Å². The summed E-state index contributed by atoms with van der Waals surface area (Å²) in [4.78, 5) is 0. The molecule has 0 saturated heterocycles. The normalized spacial score (nSPS) is 15.0. The SMILES string of the molecule is CC/C=C(/C)NC(Cl)CC. The predicted octanol–water partition coefficient (Wildman–Crippen LogP) is 2.86. The highest BCUT2D eigenvalue weighted by Gasteiger charge is 1.97. The lowest BCUT2D eigenvalue weighted by Gasteiger charge is -2.10. The summed E-state index contributed by atoms with van der Waals surface area (Å²) < 4.78 is 0. The van der Waals surface area contributed by atoms with Crippen molar-refractivity contribution >= 4 is 11.6 Å². The molecule has 1 nitrogen and oxygen atoms in total. The summed E-state index contributed by atoms with van der Waals surface area (Å²) in [6.45, 7) is 6.21. The zero-order valence-corrected chi connectivity index (χ0v) is 7.70. The van der Waals surface area contributed by atoms with Gasteiger partial charge in [0.2, 0.25) is 0 Å². The monoisotopic (exact) mass is 161 g/mol. The molecule has 1 N–H and O–H groups in total. The van der Waals surface area contributed by atoms with Crippen LogP contribution in [0.2, 0.25) is 0 Å². The van der Waals surface area contributed by atoms with Crippen molar-refractivity contribution in [3.05, 3.63) is 11.8 Å². The van der Waals surface area contributed by atoms with E-state index in [0.717, 1.165) is 12.8 Å². The number of alkyl halides is 1. The fourth-order valence-corrected chi connectivity index (χ4v) is 0.886. The van der Waals surface area contributed by atoms with Gasteiger partial charge in [-0.3, -0.25) is 0 Å². The minimum Gasteiger partial charge on any atom is -0.373 e. The zero-order valence-electron chi connectivity index (χ0n) is 6.95. The van der Waals surface area contributed by atoms with Gasteiger partial charge in [-0.25, -0.2) is 0 Å². The second kappa shape index (κ2) is 5.60.